The number of aldehydes is 1. The van der Waals surface area contributed by atoms with E-state index in [0.717, 1.165) is 17.2 Å². The summed E-state index contributed by atoms with van der Waals surface area (Å²) in [6, 6.07) is 5.56. The maximum absolute atomic E-state index is 10.7. The van der Waals surface area contributed by atoms with Crippen molar-refractivity contribution in [1.82, 2.24) is 9.78 Å². The first kappa shape index (κ1) is 8.44. The van der Waals surface area contributed by atoms with Gasteiger partial charge in [-0.1, -0.05) is 12.1 Å². The van der Waals surface area contributed by atoms with Crippen molar-refractivity contribution >= 4 is 33.1 Å². The van der Waals surface area contributed by atoms with Crippen molar-refractivity contribution in [3.63, 3.8) is 0 Å². The van der Waals surface area contributed by atoms with Gasteiger partial charge in [-0.15, -0.1) is 0 Å². The number of benzene rings is 1. The third-order valence-corrected chi connectivity index (χ3v) is 2.55. The van der Waals surface area contributed by atoms with E-state index in [1.807, 2.05) is 19.2 Å². The van der Waals surface area contributed by atoms with E-state index in [9.17, 15) is 4.79 Å². The van der Waals surface area contributed by atoms with Crippen LogP contribution in [0, 0.1) is 0 Å². The van der Waals surface area contributed by atoms with Crippen molar-refractivity contribution < 1.29 is 4.79 Å². The Morgan fingerprint density at radius 1 is 1.54 bits per heavy atom. The number of nitrogens with zero attached hydrogens (tertiary/aromatic N) is 2. The average molecular weight is 239 g/mol. The predicted octanol–water partition coefficient (Wildman–Crippen LogP) is 2.15. The van der Waals surface area contributed by atoms with E-state index < -0.39 is 0 Å². The zero-order chi connectivity index (χ0) is 9.42. The summed E-state index contributed by atoms with van der Waals surface area (Å²) in [6.45, 7) is 0. The highest BCUT2D eigenvalue weighted by atomic mass is 79.9. The maximum Gasteiger partial charge on any atom is 0.150 e. The molecule has 66 valence electrons. The molecule has 0 fully saturated rings. The molecule has 0 bridgehead atoms. The Morgan fingerprint density at radius 3 is 3.00 bits per heavy atom. The van der Waals surface area contributed by atoms with E-state index in [0.29, 0.717) is 10.2 Å². The second-order valence-corrected chi connectivity index (χ2v) is 3.52. The summed E-state index contributed by atoms with van der Waals surface area (Å²) in [4.78, 5) is 10.7. The van der Waals surface area contributed by atoms with Crippen molar-refractivity contribution in [1.29, 1.82) is 0 Å². The monoisotopic (exact) mass is 238 g/mol. The van der Waals surface area contributed by atoms with Gasteiger partial charge in [0, 0.05) is 18.0 Å². The zero-order valence-electron chi connectivity index (χ0n) is 6.99. The first-order chi connectivity index (χ1) is 6.24. The molecule has 0 amide bonds. The third-order valence-electron chi connectivity index (χ3n) is 1.99. The van der Waals surface area contributed by atoms with Crippen LogP contribution in [0.15, 0.2) is 22.8 Å². The molecule has 0 saturated carbocycles. The molecule has 1 heterocycles. The lowest BCUT2D eigenvalue weighted by molar-refractivity contribution is 0.112. The summed E-state index contributed by atoms with van der Waals surface area (Å²) < 4.78 is 2.46. The Morgan fingerprint density at radius 2 is 2.31 bits per heavy atom. The summed E-state index contributed by atoms with van der Waals surface area (Å²) in [5.74, 6) is 0. The number of rotatable bonds is 1. The van der Waals surface area contributed by atoms with Crippen molar-refractivity contribution in [2.24, 2.45) is 7.05 Å². The van der Waals surface area contributed by atoms with Crippen LogP contribution in [0.4, 0.5) is 0 Å². The number of aromatic nitrogens is 2. The summed E-state index contributed by atoms with van der Waals surface area (Å²) in [6.07, 6.45) is 0.842. The van der Waals surface area contributed by atoms with Gasteiger partial charge < -0.3 is 0 Å². The van der Waals surface area contributed by atoms with Gasteiger partial charge in [-0.05, 0) is 22.0 Å². The molecule has 4 heteroatoms. The Bertz CT molecular complexity index is 476. The summed E-state index contributed by atoms with van der Waals surface area (Å²) >= 11 is 3.32. The number of halogens is 1. The van der Waals surface area contributed by atoms with Crippen LogP contribution in [-0.4, -0.2) is 16.1 Å². The van der Waals surface area contributed by atoms with E-state index in [-0.39, 0.29) is 0 Å². The summed E-state index contributed by atoms with van der Waals surface area (Å²) in [7, 11) is 1.85. The van der Waals surface area contributed by atoms with E-state index in [4.69, 9.17) is 0 Å². The van der Waals surface area contributed by atoms with Crippen LogP contribution < -0.4 is 0 Å². The standard InChI is InChI=1S/C9H7BrN2O/c1-12-7-4-2-3-6(5-13)8(7)9(10)11-12/h2-5H,1H3. The first-order valence-corrected chi connectivity index (χ1v) is 4.59. The van der Waals surface area contributed by atoms with Gasteiger partial charge in [-0.3, -0.25) is 9.48 Å². The highest BCUT2D eigenvalue weighted by Crippen LogP contribution is 2.25. The van der Waals surface area contributed by atoms with Crippen LogP contribution in [0.2, 0.25) is 0 Å². The molecule has 3 nitrogen and oxygen atoms in total. The molecule has 0 aliphatic rings. The lowest BCUT2D eigenvalue weighted by Crippen LogP contribution is -1.88. The quantitative estimate of drug-likeness (QED) is 0.714. The molecule has 2 rings (SSSR count). The molecule has 2 aromatic rings. The molecule has 13 heavy (non-hydrogen) atoms. The molecular formula is C9H7BrN2O. The van der Waals surface area contributed by atoms with E-state index in [1.54, 1.807) is 10.7 Å². The van der Waals surface area contributed by atoms with Gasteiger partial charge in [-0.2, -0.15) is 5.10 Å². The fraction of sp³-hybridized carbons (Fsp3) is 0.111. The molecule has 0 aliphatic heterocycles. The van der Waals surface area contributed by atoms with Crippen LogP contribution in [0.1, 0.15) is 10.4 Å². The topological polar surface area (TPSA) is 34.9 Å². The fourth-order valence-electron chi connectivity index (χ4n) is 1.39. The van der Waals surface area contributed by atoms with Crippen molar-refractivity contribution in [2.75, 3.05) is 0 Å². The molecule has 0 aliphatic carbocycles. The number of hydrogen-bond donors (Lipinski definition) is 0. The van der Waals surface area contributed by atoms with Gasteiger partial charge in [0.1, 0.15) is 4.60 Å². The minimum atomic E-state index is 0.664. The number of aryl methyl sites for hydroxylation is 1. The minimum absolute atomic E-state index is 0.664. The van der Waals surface area contributed by atoms with Gasteiger partial charge in [0.25, 0.3) is 0 Å². The second kappa shape index (κ2) is 2.96. The van der Waals surface area contributed by atoms with Gasteiger partial charge in [-0.25, -0.2) is 0 Å². The lowest BCUT2D eigenvalue weighted by atomic mass is 10.1. The minimum Gasteiger partial charge on any atom is -0.298 e. The lowest BCUT2D eigenvalue weighted by Gasteiger charge is -1.94. The molecule has 0 spiro atoms. The predicted molar refractivity (Wildman–Crippen MR) is 53.8 cm³/mol. The third kappa shape index (κ3) is 1.18. The van der Waals surface area contributed by atoms with Gasteiger partial charge in [0.2, 0.25) is 0 Å². The normalized spacial score (nSPS) is 10.6. The number of fused-ring (bicyclic) bond motifs is 1. The van der Waals surface area contributed by atoms with Gasteiger partial charge in [0.15, 0.2) is 6.29 Å². The Labute approximate surface area is 83.5 Å². The molecular weight excluding hydrogens is 232 g/mol. The van der Waals surface area contributed by atoms with Crippen LogP contribution in [-0.2, 0) is 7.05 Å². The number of carbonyl (C=O) groups excluding carboxylic acids is 1. The molecule has 0 N–H and O–H groups in total. The smallest absolute Gasteiger partial charge is 0.150 e. The Balaban J connectivity index is 2.96. The van der Waals surface area contributed by atoms with Crippen molar-refractivity contribution in [3.05, 3.63) is 28.4 Å². The number of hydrogen-bond acceptors (Lipinski definition) is 2. The van der Waals surface area contributed by atoms with E-state index in [1.165, 1.54) is 0 Å². The van der Waals surface area contributed by atoms with Crippen LogP contribution in [0.25, 0.3) is 10.9 Å². The largest absolute Gasteiger partial charge is 0.298 e. The van der Waals surface area contributed by atoms with Crippen LogP contribution >= 0.6 is 15.9 Å². The maximum atomic E-state index is 10.7. The highest BCUT2D eigenvalue weighted by molar-refractivity contribution is 9.10. The summed E-state index contributed by atoms with van der Waals surface area (Å²) in [5, 5.41) is 5.05. The zero-order valence-corrected chi connectivity index (χ0v) is 8.58. The van der Waals surface area contributed by atoms with Crippen molar-refractivity contribution in [2.45, 2.75) is 0 Å². The Hall–Kier alpha value is -1.16. The van der Waals surface area contributed by atoms with Gasteiger partial charge in [0.05, 0.1) is 5.52 Å². The van der Waals surface area contributed by atoms with Crippen molar-refractivity contribution in [3.8, 4) is 0 Å². The van der Waals surface area contributed by atoms with E-state index in [2.05, 4.69) is 21.0 Å². The molecule has 1 aromatic carbocycles. The Kier molecular flexibility index (Phi) is 1.92. The molecule has 0 unspecified atom stereocenters. The van der Waals surface area contributed by atoms with Gasteiger partial charge >= 0.3 is 0 Å². The number of carbonyl (C=O) groups is 1. The summed E-state index contributed by atoms with van der Waals surface area (Å²) in [5.41, 5.74) is 1.62. The first-order valence-electron chi connectivity index (χ1n) is 3.80. The van der Waals surface area contributed by atoms with Crippen LogP contribution in [0.3, 0.4) is 0 Å². The SMILES string of the molecule is Cn1nc(Br)c2c(C=O)cccc21. The molecule has 0 radical (unpaired) electrons. The van der Waals surface area contributed by atoms with Crippen LogP contribution in [0.5, 0.6) is 0 Å². The molecule has 0 saturated heterocycles. The molecule has 1 aromatic heterocycles. The molecule has 0 atom stereocenters. The van der Waals surface area contributed by atoms with E-state index >= 15 is 0 Å². The highest BCUT2D eigenvalue weighted by Gasteiger charge is 2.08. The fourth-order valence-corrected chi connectivity index (χ4v) is 2.06. The average Bonchev–Trinajstić information content (AvgIpc) is 2.43. The second-order valence-electron chi connectivity index (χ2n) is 2.77.